The molecule has 2 heterocycles. The summed E-state index contributed by atoms with van der Waals surface area (Å²) >= 11 is 0. The van der Waals surface area contributed by atoms with Gasteiger partial charge in [0.25, 0.3) is 0 Å². The van der Waals surface area contributed by atoms with E-state index in [2.05, 4.69) is 20.3 Å². The minimum absolute atomic E-state index is 0.0187. The maximum Gasteiger partial charge on any atom is 0.158 e. The van der Waals surface area contributed by atoms with Crippen LogP contribution in [-0.2, 0) is 23.6 Å². The third-order valence-corrected chi connectivity index (χ3v) is 5.64. The Bertz CT molecular complexity index is 1200. The number of ether oxygens (including phenoxy) is 1. The summed E-state index contributed by atoms with van der Waals surface area (Å²) in [6, 6.07) is 10.6. The summed E-state index contributed by atoms with van der Waals surface area (Å²) in [5.41, 5.74) is 0.535. The fourth-order valence-corrected chi connectivity index (χ4v) is 3.74. The molecule has 0 amide bonds. The molecule has 4 rings (SSSR count). The Hall–Kier alpha value is -3.50. The molecule has 1 N–H and O–H groups in total. The molecule has 0 spiro atoms. The van der Waals surface area contributed by atoms with E-state index >= 15 is 0 Å². The summed E-state index contributed by atoms with van der Waals surface area (Å²) in [4.78, 5) is 5.36. The molecule has 0 bridgehead atoms. The lowest BCUT2D eigenvalue weighted by atomic mass is 9.78. The van der Waals surface area contributed by atoms with Crippen LogP contribution in [0.1, 0.15) is 30.9 Å². The largest absolute Gasteiger partial charge is 0.382 e. The van der Waals surface area contributed by atoms with Crippen molar-refractivity contribution in [1.29, 1.82) is 0 Å². The molecule has 0 unspecified atom stereocenters. The summed E-state index contributed by atoms with van der Waals surface area (Å²) in [6.45, 7) is 4.45. The van der Waals surface area contributed by atoms with Crippen molar-refractivity contribution in [3.63, 3.8) is 0 Å². The highest BCUT2D eigenvalue weighted by molar-refractivity contribution is 5.58. The minimum Gasteiger partial charge on any atom is -0.382 e. The van der Waals surface area contributed by atoms with Crippen molar-refractivity contribution in [1.82, 2.24) is 29.8 Å². The zero-order valence-electron chi connectivity index (χ0n) is 18.3. The number of nitrogens with zero attached hydrogens (tertiary/aromatic N) is 6. The second kappa shape index (κ2) is 9.55. The van der Waals surface area contributed by atoms with Crippen LogP contribution in [0.25, 0.3) is 11.3 Å². The van der Waals surface area contributed by atoms with Crippen LogP contribution in [0.4, 0.5) is 8.78 Å². The maximum absolute atomic E-state index is 14.8. The van der Waals surface area contributed by atoms with Crippen LogP contribution in [0.15, 0.2) is 61.3 Å². The van der Waals surface area contributed by atoms with Gasteiger partial charge in [0.15, 0.2) is 6.73 Å². The van der Waals surface area contributed by atoms with Crippen molar-refractivity contribution < 1.29 is 18.6 Å². The summed E-state index contributed by atoms with van der Waals surface area (Å²) in [5.74, 6) is -2.11. The topological polar surface area (TPSA) is 90.9 Å². The molecule has 0 saturated carbocycles. The Morgan fingerprint density at radius 1 is 1.12 bits per heavy atom. The van der Waals surface area contributed by atoms with E-state index in [0.717, 1.165) is 23.3 Å². The van der Waals surface area contributed by atoms with Crippen LogP contribution in [-0.4, -0.2) is 41.5 Å². The fourth-order valence-electron chi connectivity index (χ4n) is 3.74. The predicted octanol–water partition coefficient (Wildman–Crippen LogP) is 3.50. The molecule has 172 valence electrons. The van der Waals surface area contributed by atoms with Gasteiger partial charge in [-0.25, -0.2) is 18.4 Å². The number of aliphatic hydroxyl groups is 1. The lowest BCUT2D eigenvalue weighted by molar-refractivity contribution is -0.0112. The van der Waals surface area contributed by atoms with Crippen molar-refractivity contribution in [3.8, 4) is 11.3 Å². The first-order valence-electron chi connectivity index (χ1n) is 10.5. The molecule has 0 aliphatic carbocycles. The Morgan fingerprint density at radius 3 is 2.58 bits per heavy atom. The van der Waals surface area contributed by atoms with E-state index in [4.69, 9.17) is 4.74 Å². The smallest absolute Gasteiger partial charge is 0.158 e. The first-order chi connectivity index (χ1) is 15.9. The molecule has 2 aromatic heterocycles. The highest BCUT2D eigenvalue weighted by Gasteiger charge is 2.40. The second-order valence-electron chi connectivity index (χ2n) is 7.71. The molecule has 0 radical (unpaired) electrons. The van der Waals surface area contributed by atoms with Crippen LogP contribution in [0.2, 0.25) is 0 Å². The van der Waals surface area contributed by atoms with Crippen LogP contribution in [0.5, 0.6) is 0 Å². The van der Waals surface area contributed by atoms with Crippen LogP contribution in [0.3, 0.4) is 0 Å². The molecule has 8 nitrogen and oxygen atoms in total. The Morgan fingerprint density at radius 2 is 1.91 bits per heavy atom. The molecule has 10 heteroatoms. The van der Waals surface area contributed by atoms with Crippen molar-refractivity contribution in [2.24, 2.45) is 0 Å². The van der Waals surface area contributed by atoms with Crippen molar-refractivity contribution in [3.05, 3.63) is 84.1 Å². The standard InChI is InChI=1S/C23H24F2N6O2/c1-3-33-15-31-27-11-22(29-31)18-6-4-17(5-7-18)16(2)23(32,12-30-14-26-13-28-30)20-9-8-19(24)10-21(20)25/h4-11,13-14,16,32H,3,12,15H2,1-2H3/t16-,23+/m1/s1. The van der Waals surface area contributed by atoms with Gasteiger partial charge in [0, 0.05) is 29.7 Å². The SMILES string of the molecule is CCOCn1ncc(-c2ccc([C@@H](C)[C@@](O)(Cn3cncn3)c3ccc(F)cc3F)cc2)n1. The van der Waals surface area contributed by atoms with Crippen molar-refractivity contribution >= 4 is 0 Å². The number of hydrogen-bond acceptors (Lipinski definition) is 6. The summed E-state index contributed by atoms with van der Waals surface area (Å²) in [6.07, 6.45) is 4.42. The molecule has 2 atom stereocenters. The lowest BCUT2D eigenvalue weighted by Gasteiger charge is -2.35. The van der Waals surface area contributed by atoms with Gasteiger partial charge in [-0.1, -0.05) is 37.3 Å². The van der Waals surface area contributed by atoms with Gasteiger partial charge in [-0.05, 0) is 18.6 Å². The summed E-state index contributed by atoms with van der Waals surface area (Å²) < 4.78 is 35.0. The van der Waals surface area contributed by atoms with Gasteiger partial charge in [-0.3, -0.25) is 0 Å². The van der Waals surface area contributed by atoms with Gasteiger partial charge in [0.1, 0.15) is 35.6 Å². The first kappa shape index (κ1) is 22.7. The van der Waals surface area contributed by atoms with E-state index < -0.39 is 23.2 Å². The maximum atomic E-state index is 14.8. The van der Waals surface area contributed by atoms with Gasteiger partial charge in [-0.15, -0.1) is 0 Å². The normalized spacial score (nSPS) is 14.2. The predicted molar refractivity (Wildman–Crippen MR) is 116 cm³/mol. The molecule has 33 heavy (non-hydrogen) atoms. The van der Waals surface area contributed by atoms with E-state index in [0.29, 0.717) is 12.3 Å². The minimum atomic E-state index is -1.71. The number of halogens is 2. The molecule has 0 aliphatic heterocycles. The number of hydrogen-bond donors (Lipinski definition) is 1. The lowest BCUT2D eigenvalue weighted by Crippen LogP contribution is -2.38. The highest BCUT2D eigenvalue weighted by atomic mass is 19.1. The number of aromatic nitrogens is 6. The average molecular weight is 454 g/mol. The third kappa shape index (κ3) is 4.81. The zero-order chi connectivity index (χ0) is 23.4. The van der Waals surface area contributed by atoms with Crippen LogP contribution >= 0.6 is 0 Å². The third-order valence-electron chi connectivity index (χ3n) is 5.64. The summed E-state index contributed by atoms with van der Waals surface area (Å²) in [7, 11) is 0. The van der Waals surface area contributed by atoms with Gasteiger partial charge in [0.2, 0.25) is 0 Å². The molecule has 0 aliphatic rings. The van der Waals surface area contributed by atoms with E-state index in [9.17, 15) is 13.9 Å². The average Bonchev–Trinajstić information content (AvgIpc) is 3.49. The quantitative estimate of drug-likeness (QED) is 0.416. The molecular weight excluding hydrogens is 430 g/mol. The van der Waals surface area contributed by atoms with Crippen LogP contribution < -0.4 is 0 Å². The second-order valence-corrected chi connectivity index (χ2v) is 7.71. The van der Waals surface area contributed by atoms with Crippen LogP contribution in [0, 0.1) is 11.6 Å². The van der Waals surface area contributed by atoms with E-state index in [1.807, 2.05) is 31.2 Å². The van der Waals surface area contributed by atoms with Gasteiger partial charge >= 0.3 is 0 Å². The molecule has 2 aromatic carbocycles. The van der Waals surface area contributed by atoms with Gasteiger partial charge < -0.3 is 9.84 Å². The fraction of sp³-hybridized carbons (Fsp3) is 0.304. The molecular formula is C23H24F2N6O2. The molecule has 0 fully saturated rings. The van der Waals surface area contributed by atoms with Crippen molar-refractivity contribution in [2.75, 3.05) is 6.61 Å². The molecule has 0 saturated heterocycles. The van der Waals surface area contributed by atoms with E-state index in [1.54, 1.807) is 13.1 Å². The van der Waals surface area contributed by atoms with Gasteiger partial charge in [-0.2, -0.15) is 20.1 Å². The Kier molecular flexibility index (Phi) is 6.57. The number of benzene rings is 2. The Balaban J connectivity index is 1.64. The Labute approximate surface area is 189 Å². The highest BCUT2D eigenvalue weighted by Crippen LogP contribution is 2.40. The zero-order valence-corrected chi connectivity index (χ0v) is 18.3. The molecule has 4 aromatic rings. The monoisotopic (exact) mass is 454 g/mol. The number of rotatable bonds is 9. The van der Waals surface area contributed by atoms with Crippen molar-refractivity contribution in [2.45, 2.75) is 38.6 Å². The van der Waals surface area contributed by atoms with E-state index in [-0.39, 0.29) is 18.8 Å². The summed E-state index contributed by atoms with van der Waals surface area (Å²) in [5, 5.41) is 24.3. The van der Waals surface area contributed by atoms with Gasteiger partial charge in [0.05, 0.1) is 12.7 Å². The first-order valence-corrected chi connectivity index (χ1v) is 10.5. The van der Waals surface area contributed by atoms with E-state index in [1.165, 1.54) is 28.2 Å².